The number of rotatable bonds is 16. The first-order valence-electron chi connectivity index (χ1n) is 19.6. The highest BCUT2D eigenvalue weighted by Crippen LogP contribution is 2.25. The van der Waals surface area contributed by atoms with Crippen LogP contribution < -0.4 is 15.4 Å². The summed E-state index contributed by atoms with van der Waals surface area (Å²) in [6, 6.07) is 22.1. The lowest BCUT2D eigenvalue weighted by molar-refractivity contribution is -0.154. The lowest BCUT2D eigenvalue weighted by atomic mass is 9.86. The van der Waals surface area contributed by atoms with Crippen LogP contribution in [0.25, 0.3) is 22.5 Å². The third-order valence-electron chi connectivity index (χ3n) is 8.62. The van der Waals surface area contributed by atoms with Gasteiger partial charge in [0.1, 0.15) is 17.4 Å². The van der Waals surface area contributed by atoms with Crippen molar-refractivity contribution in [2.24, 2.45) is 5.92 Å². The minimum atomic E-state index is -0.883. The summed E-state index contributed by atoms with van der Waals surface area (Å²) >= 11 is 0. The van der Waals surface area contributed by atoms with Crippen LogP contribution in [0.1, 0.15) is 116 Å². The van der Waals surface area contributed by atoms with Crippen LogP contribution >= 0.6 is 0 Å². The lowest BCUT2D eigenvalue weighted by Gasteiger charge is -2.21. The topological polar surface area (TPSA) is 120 Å². The SMILES string of the molecule is CC.CC(C)CCCCOc1ccc(-c2cnc(-c3ccc(CC(NC(=O)c4ccc(C(C)(C)C)cc4)C(=O)NCCC(=O)OC(C)(C)C)cc3)nc2)cc1. The molecule has 1 atom stereocenters. The van der Waals surface area contributed by atoms with Gasteiger partial charge in [0.05, 0.1) is 13.0 Å². The van der Waals surface area contributed by atoms with Crippen LogP contribution in [0.4, 0.5) is 0 Å². The molecular formula is C46H62N4O5. The van der Waals surface area contributed by atoms with E-state index in [1.807, 2.05) is 74.5 Å². The van der Waals surface area contributed by atoms with Gasteiger partial charge >= 0.3 is 5.97 Å². The van der Waals surface area contributed by atoms with Crippen LogP contribution in [0.15, 0.2) is 85.2 Å². The highest BCUT2D eigenvalue weighted by molar-refractivity contribution is 5.97. The number of esters is 1. The number of nitrogens with one attached hydrogen (secondary N) is 2. The largest absolute Gasteiger partial charge is 0.494 e. The molecule has 2 N–H and O–H groups in total. The number of hydrogen-bond acceptors (Lipinski definition) is 7. The summed E-state index contributed by atoms with van der Waals surface area (Å²) in [7, 11) is 0. The summed E-state index contributed by atoms with van der Waals surface area (Å²) in [5, 5.41) is 5.71. The van der Waals surface area contributed by atoms with E-state index < -0.39 is 23.5 Å². The van der Waals surface area contributed by atoms with Gasteiger partial charge in [-0.1, -0.05) is 103 Å². The first-order valence-corrected chi connectivity index (χ1v) is 19.6. The molecule has 1 aromatic heterocycles. The van der Waals surface area contributed by atoms with Crippen molar-refractivity contribution in [1.29, 1.82) is 0 Å². The predicted octanol–water partition coefficient (Wildman–Crippen LogP) is 9.53. The van der Waals surface area contributed by atoms with Crippen LogP contribution in [0.5, 0.6) is 5.75 Å². The van der Waals surface area contributed by atoms with Gasteiger partial charge < -0.3 is 20.1 Å². The molecule has 4 aromatic rings. The molecule has 2 amide bonds. The average Bonchev–Trinajstić information content (AvgIpc) is 3.14. The molecule has 0 aliphatic heterocycles. The molecule has 0 radical (unpaired) electrons. The van der Waals surface area contributed by atoms with Gasteiger partial charge in [-0.2, -0.15) is 0 Å². The van der Waals surface area contributed by atoms with Crippen LogP contribution in [0.3, 0.4) is 0 Å². The molecule has 55 heavy (non-hydrogen) atoms. The Labute approximate surface area is 329 Å². The summed E-state index contributed by atoms with van der Waals surface area (Å²) < 4.78 is 11.3. The monoisotopic (exact) mass is 750 g/mol. The van der Waals surface area contributed by atoms with Crippen molar-refractivity contribution in [3.8, 4) is 28.3 Å². The maximum absolute atomic E-state index is 13.4. The highest BCUT2D eigenvalue weighted by atomic mass is 16.6. The van der Waals surface area contributed by atoms with E-state index in [4.69, 9.17) is 9.47 Å². The fraction of sp³-hybridized carbons (Fsp3) is 0.457. The number of amides is 2. The summed E-state index contributed by atoms with van der Waals surface area (Å²) in [6.45, 7) is 21.0. The molecule has 9 nitrogen and oxygen atoms in total. The number of benzene rings is 3. The number of carbonyl (C=O) groups excluding carboxylic acids is 3. The maximum Gasteiger partial charge on any atom is 0.308 e. The molecule has 4 rings (SSSR count). The van der Waals surface area contributed by atoms with Crippen LogP contribution in [-0.2, 0) is 26.2 Å². The Balaban J connectivity index is 0.00000399. The fourth-order valence-electron chi connectivity index (χ4n) is 5.62. The van der Waals surface area contributed by atoms with E-state index in [9.17, 15) is 14.4 Å². The smallest absolute Gasteiger partial charge is 0.308 e. The van der Waals surface area contributed by atoms with Gasteiger partial charge in [-0.3, -0.25) is 14.4 Å². The van der Waals surface area contributed by atoms with E-state index in [0.29, 0.717) is 23.9 Å². The van der Waals surface area contributed by atoms with Crippen molar-refractivity contribution < 1.29 is 23.9 Å². The van der Waals surface area contributed by atoms with Gasteiger partial charge in [-0.05, 0) is 85.9 Å². The van der Waals surface area contributed by atoms with E-state index in [1.54, 1.807) is 45.3 Å². The molecule has 0 aliphatic rings. The fourth-order valence-corrected chi connectivity index (χ4v) is 5.62. The van der Waals surface area contributed by atoms with E-state index in [1.165, 1.54) is 12.8 Å². The number of ether oxygens (including phenoxy) is 2. The van der Waals surface area contributed by atoms with Gasteiger partial charge in [0, 0.05) is 42.0 Å². The van der Waals surface area contributed by atoms with E-state index in [-0.39, 0.29) is 30.7 Å². The second-order valence-electron chi connectivity index (χ2n) is 15.9. The van der Waals surface area contributed by atoms with Crippen LogP contribution in [-0.4, -0.2) is 52.5 Å². The zero-order valence-corrected chi connectivity index (χ0v) is 34.6. The second kappa shape index (κ2) is 21.1. The number of aromatic nitrogens is 2. The third-order valence-corrected chi connectivity index (χ3v) is 8.62. The van der Waals surface area contributed by atoms with Crippen molar-refractivity contribution in [3.05, 3.63) is 102 Å². The molecule has 3 aromatic carbocycles. The van der Waals surface area contributed by atoms with Crippen LogP contribution in [0.2, 0.25) is 0 Å². The van der Waals surface area contributed by atoms with E-state index >= 15 is 0 Å². The Morgan fingerprint density at radius 1 is 0.745 bits per heavy atom. The summed E-state index contributed by atoms with van der Waals surface area (Å²) in [5.41, 5.74) is 4.45. The van der Waals surface area contributed by atoms with Gasteiger partial charge in [-0.25, -0.2) is 9.97 Å². The zero-order valence-electron chi connectivity index (χ0n) is 34.6. The number of nitrogens with zero attached hydrogens (tertiary/aromatic N) is 2. The average molecular weight is 751 g/mol. The summed E-state index contributed by atoms with van der Waals surface area (Å²) in [5.74, 6) is 0.985. The number of carbonyl (C=O) groups is 3. The lowest BCUT2D eigenvalue weighted by Crippen LogP contribution is -2.48. The van der Waals surface area contributed by atoms with Crippen molar-refractivity contribution in [3.63, 3.8) is 0 Å². The molecule has 296 valence electrons. The van der Waals surface area contributed by atoms with Gasteiger partial charge in [0.25, 0.3) is 5.91 Å². The molecule has 0 spiro atoms. The van der Waals surface area contributed by atoms with Crippen molar-refractivity contribution >= 4 is 17.8 Å². The Kier molecular flexibility index (Phi) is 17.1. The number of unbranched alkanes of at least 4 members (excludes halogenated alkanes) is 1. The molecule has 0 aliphatic carbocycles. The first-order chi connectivity index (χ1) is 26.1. The van der Waals surface area contributed by atoms with Crippen molar-refractivity contribution in [2.45, 2.75) is 118 Å². The normalized spacial score (nSPS) is 11.9. The Bertz CT molecular complexity index is 1770. The summed E-state index contributed by atoms with van der Waals surface area (Å²) in [4.78, 5) is 48.2. The first kappa shape index (κ1) is 44.3. The Hall–Kier alpha value is -5.05. The Morgan fingerprint density at radius 3 is 1.91 bits per heavy atom. The molecule has 0 saturated heterocycles. The molecule has 1 heterocycles. The minimum absolute atomic E-state index is 0.0177. The molecule has 0 saturated carbocycles. The maximum atomic E-state index is 13.4. The summed E-state index contributed by atoms with van der Waals surface area (Å²) in [6.07, 6.45) is 7.30. The number of hydrogen-bond donors (Lipinski definition) is 2. The predicted molar refractivity (Wildman–Crippen MR) is 222 cm³/mol. The van der Waals surface area contributed by atoms with Gasteiger partial charge in [0.15, 0.2) is 5.82 Å². The van der Waals surface area contributed by atoms with Gasteiger partial charge in [0.2, 0.25) is 5.91 Å². The molecule has 1 unspecified atom stereocenters. The van der Waals surface area contributed by atoms with E-state index in [2.05, 4.69) is 55.2 Å². The standard InChI is InChI=1S/C44H56N4O5.C2H6/c1-30(2)11-9-10-26-52-37-22-18-32(19-23-37)35-28-46-40(47-29-35)33-14-12-31(13-15-33)27-38(42(51)45-25-24-39(49)53-44(6,7)8)48-41(50)34-16-20-36(21-17-34)43(3,4)5;1-2/h12-23,28-30,38H,9-11,24-27H2,1-8H3,(H,45,51)(H,48,50);1-2H3. The molecular weight excluding hydrogens is 689 g/mol. The van der Waals surface area contributed by atoms with E-state index in [0.717, 1.165) is 40.0 Å². The zero-order chi connectivity index (χ0) is 40.6. The third kappa shape index (κ3) is 15.3. The van der Waals surface area contributed by atoms with Crippen molar-refractivity contribution in [1.82, 2.24) is 20.6 Å². The Morgan fingerprint density at radius 2 is 1.35 bits per heavy atom. The van der Waals surface area contributed by atoms with Crippen LogP contribution in [0, 0.1) is 5.92 Å². The quantitative estimate of drug-likeness (QED) is 0.0865. The molecule has 0 fully saturated rings. The van der Waals surface area contributed by atoms with Gasteiger partial charge in [-0.15, -0.1) is 0 Å². The van der Waals surface area contributed by atoms with Crippen molar-refractivity contribution in [2.75, 3.05) is 13.2 Å². The minimum Gasteiger partial charge on any atom is -0.494 e. The highest BCUT2D eigenvalue weighted by Gasteiger charge is 2.24. The molecule has 0 bridgehead atoms. The second-order valence-corrected chi connectivity index (χ2v) is 15.9. The molecule has 9 heteroatoms.